The van der Waals surface area contributed by atoms with Crippen LogP contribution < -0.4 is 5.73 Å². The zero-order chi connectivity index (χ0) is 12.7. The van der Waals surface area contributed by atoms with Gasteiger partial charge in [-0.05, 0) is 26.0 Å². The van der Waals surface area contributed by atoms with Crippen molar-refractivity contribution in [3.8, 4) is 11.5 Å². The van der Waals surface area contributed by atoms with Crippen molar-refractivity contribution < 1.29 is 0 Å². The quantitative estimate of drug-likeness (QED) is 0.740. The number of aromatic amines is 1. The number of thiazole rings is 1. The van der Waals surface area contributed by atoms with E-state index in [4.69, 9.17) is 5.73 Å². The Labute approximate surface area is 108 Å². The van der Waals surface area contributed by atoms with Crippen molar-refractivity contribution >= 4 is 22.5 Å². The van der Waals surface area contributed by atoms with Gasteiger partial charge in [0.05, 0.1) is 11.6 Å². The van der Waals surface area contributed by atoms with Crippen LogP contribution in [-0.4, -0.2) is 19.9 Å². The van der Waals surface area contributed by atoms with Gasteiger partial charge in [0.25, 0.3) is 0 Å². The smallest absolute Gasteiger partial charge is 0.178 e. The minimum atomic E-state index is -0.0477. The SMILES string of the molecule is Cc1ccc2[nH]c(-c3csc(C(C)N)n3)nc2n1. The van der Waals surface area contributed by atoms with E-state index in [-0.39, 0.29) is 6.04 Å². The molecule has 0 bridgehead atoms. The van der Waals surface area contributed by atoms with Crippen LogP contribution in [0.4, 0.5) is 0 Å². The number of imidazole rings is 1. The maximum atomic E-state index is 5.81. The molecule has 0 aliphatic carbocycles. The Balaban J connectivity index is 2.07. The van der Waals surface area contributed by atoms with E-state index in [1.165, 1.54) is 0 Å². The number of hydrogen-bond acceptors (Lipinski definition) is 5. The zero-order valence-electron chi connectivity index (χ0n) is 10.1. The number of nitrogens with zero attached hydrogens (tertiary/aromatic N) is 3. The summed E-state index contributed by atoms with van der Waals surface area (Å²) < 4.78 is 0. The van der Waals surface area contributed by atoms with Gasteiger partial charge in [0.1, 0.15) is 10.7 Å². The molecule has 0 saturated carbocycles. The van der Waals surface area contributed by atoms with Crippen molar-refractivity contribution in [3.63, 3.8) is 0 Å². The summed E-state index contributed by atoms with van der Waals surface area (Å²) in [5, 5.41) is 2.87. The second-order valence-electron chi connectivity index (χ2n) is 4.27. The van der Waals surface area contributed by atoms with Gasteiger partial charge < -0.3 is 10.7 Å². The van der Waals surface area contributed by atoms with Crippen LogP contribution >= 0.6 is 11.3 Å². The van der Waals surface area contributed by atoms with Gasteiger partial charge in [0, 0.05) is 11.1 Å². The predicted octanol–water partition coefficient (Wildman–Crippen LogP) is 2.41. The molecular formula is C12H13N5S. The van der Waals surface area contributed by atoms with Gasteiger partial charge in [-0.25, -0.2) is 15.0 Å². The monoisotopic (exact) mass is 259 g/mol. The highest BCUT2D eigenvalue weighted by molar-refractivity contribution is 7.10. The summed E-state index contributed by atoms with van der Waals surface area (Å²) in [5.41, 5.74) is 9.23. The van der Waals surface area contributed by atoms with E-state index in [1.54, 1.807) is 11.3 Å². The molecule has 3 aromatic heterocycles. The normalized spacial score (nSPS) is 13.1. The van der Waals surface area contributed by atoms with Gasteiger partial charge in [0.2, 0.25) is 0 Å². The molecule has 3 N–H and O–H groups in total. The molecular weight excluding hydrogens is 246 g/mol. The van der Waals surface area contributed by atoms with Crippen molar-refractivity contribution in [1.82, 2.24) is 19.9 Å². The maximum Gasteiger partial charge on any atom is 0.178 e. The number of nitrogens with one attached hydrogen (secondary N) is 1. The third-order valence-electron chi connectivity index (χ3n) is 2.64. The van der Waals surface area contributed by atoms with Crippen molar-refractivity contribution in [3.05, 3.63) is 28.2 Å². The lowest BCUT2D eigenvalue weighted by atomic mass is 10.3. The molecule has 1 atom stereocenters. The highest BCUT2D eigenvalue weighted by Gasteiger charge is 2.11. The van der Waals surface area contributed by atoms with E-state index in [1.807, 2.05) is 31.4 Å². The van der Waals surface area contributed by atoms with Crippen LogP contribution in [0.5, 0.6) is 0 Å². The molecule has 18 heavy (non-hydrogen) atoms. The Hall–Kier alpha value is -1.79. The molecule has 5 nitrogen and oxygen atoms in total. The molecule has 0 aliphatic heterocycles. The van der Waals surface area contributed by atoms with Crippen LogP contribution in [0, 0.1) is 6.92 Å². The van der Waals surface area contributed by atoms with E-state index in [2.05, 4.69) is 19.9 Å². The standard InChI is InChI=1S/C12H13N5S/c1-6-3-4-8-10(14-6)17-11(15-8)9-5-18-12(16-9)7(2)13/h3-5,7H,13H2,1-2H3,(H,14,15,17). The minimum absolute atomic E-state index is 0.0477. The van der Waals surface area contributed by atoms with Crippen molar-refractivity contribution in [2.45, 2.75) is 19.9 Å². The number of aromatic nitrogens is 4. The molecule has 0 spiro atoms. The fourth-order valence-electron chi connectivity index (χ4n) is 1.71. The number of H-pyrrole nitrogens is 1. The first-order valence-electron chi connectivity index (χ1n) is 5.68. The molecule has 0 saturated heterocycles. The van der Waals surface area contributed by atoms with Gasteiger partial charge >= 0.3 is 0 Å². The summed E-state index contributed by atoms with van der Waals surface area (Å²) >= 11 is 1.55. The molecule has 3 aromatic rings. The number of hydrogen-bond donors (Lipinski definition) is 2. The van der Waals surface area contributed by atoms with E-state index in [9.17, 15) is 0 Å². The Morgan fingerprint density at radius 1 is 1.28 bits per heavy atom. The van der Waals surface area contributed by atoms with Gasteiger partial charge in [-0.2, -0.15) is 0 Å². The molecule has 0 amide bonds. The van der Waals surface area contributed by atoms with Crippen LogP contribution in [0.2, 0.25) is 0 Å². The van der Waals surface area contributed by atoms with Crippen LogP contribution in [0.25, 0.3) is 22.7 Å². The molecule has 3 rings (SSSR count). The summed E-state index contributed by atoms with van der Waals surface area (Å²) in [5.74, 6) is 0.742. The lowest BCUT2D eigenvalue weighted by Crippen LogP contribution is -2.03. The molecule has 6 heteroatoms. The van der Waals surface area contributed by atoms with Gasteiger partial charge in [0.15, 0.2) is 11.5 Å². The third-order valence-corrected chi connectivity index (χ3v) is 3.68. The first kappa shape index (κ1) is 11.3. The van der Waals surface area contributed by atoms with Crippen molar-refractivity contribution in [1.29, 1.82) is 0 Å². The van der Waals surface area contributed by atoms with Gasteiger partial charge in [-0.3, -0.25) is 0 Å². The average Bonchev–Trinajstić information content (AvgIpc) is 2.93. The third kappa shape index (κ3) is 1.89. The molecule has 0 radical (unpaired) electrons. The Morgan fingerprint density at radius 3 is 2.83 bits per heavy atom. The fraction of sp³-hybridized carbons (Fsp3) is 0.250. The molecule has 0 fully saturated rings. The number of aryl methyl sites for hydroxylation is 1. The van der Waals surface area contributed by atoms with Crippen molar-refractivity contribution in [2.24, 2.45) is 5.73 Å². The molecule has 1 unspecified atom stereocenters. The number of rotatable bonds is 2. The topological polar surface area (TPSA) is 80.5 Å². The summed E-state index contributed by atoms with van der Waals surface area (Å²) in [6.07, 6.45) is 0. The maximum absolute atomic E-state index is 5.81. The highest BCUT2D eigenvalue weighted by atomic mass is 32.1. The Bertz CT molecular complexity index is 697. The van der Waals surface area contributed by atoms with E-state index in [0.717, 1.165) is 33.4 Å². The van der Waals surface area contributed by atoms with E-state index in [0.29, 0.717) is 0 Å². The number of nitrogens with two attached hydrogens (primary N) is 1. The lowest BCUT2D eigenvalue weighted by molar-refractivity contribution is 0.807. The van der Waals surface area contributed by atoms with Gasteiger partial charge in [-0.1, -0.05) is 0 Å². The average molecular weight is 259 g/mol. The second-order valence-corrected chi connectivity index (χ2v) is 5.16. The second kappa shape index (κ2) is 4.15. The highest BCUT2D eigenvalue weighted by Crippen LogP contribution is 2.24. The van der Waals surface area contributed by atoms with Crippen LogP contribution in [0.1, 0.15) is 23.7 Å². The van der Waals surface area contributed by atoms with Gasteiger partial charge in [-0.15, -0.1) is 11.3 Å². The Morgan fingerprint density at radius 2 is 2.11 bits per heavy atom. The predicted molar refractivity (Wildman–Crippen MR) is 72.3 cm³/mol. The summed E-state index contributed by atoms with van der Waals surface area (Å²) in [6.45, 7) is 3.87. The molecule has 3 heterocycles. The summed E-state index contributed by atoms with van der Waals surface area (Å²) in [7, 11) is 0. The fourth-order valence-corrected chi connectivity index (χ4v) is 2.48. The molecule has 92 valence electrons. The summed E-state index contributed by atoms with van der Waals surface area (Å²) in [6, 6.07) is 3.89. The number of pyridine rings is 1. The van der Waals surface area contributed by atoms with Crippen molar-refractivity contribution in [2.75, 3.05) is 0 Å². The number of fused-ring (bicyclic) bond motifs is 1. The van der Waals surface area contributed by atoms with Crippen LogP contribution in [-0.2, 0) is 0 Å². The zero-order valence-corrected chi connectivity index (χ0v) is 11.0. The lowest BCUT2D eigenvalue weighted by Gasteiger charge is -1.96. The first-order valence-corrected chi connectivity index (χ1v) is 6.56. The summed E-state index contributed by atoms with van der Waals surface area (Å²) in [4.78, 5) is 16.5. The Kier molecular flexibility index (Phi) is 2.61. The van der Waals surface area contributed by atoms with Crippen LogP contribution in [0.3, 0.4) is 0 Å². The van der Waals surface area contributed by atoms with E-state index < -0.39 is 0 Å². The molecule has 0 aliphatic rings. The molecule has 0 aromatic carbocycles. The van der Waals surface area contributed by atoms with E-state index >= 15 is 0 Å². The first-order chi connectivity index (χ1) is 8.63. The minimum Gasteiger partial charge on any atom is -0.335 e. The largest absolute Gasteiger partial charge is 0.335 e. The van der Waals surface area contributed by atoms with Crippen LogP contribution in [0.15, 0.2) is 17.5 Å².